The molecule has 0 radical (unpaired) electrons. The third kappa shape index (κ3) is 4.23. The van der Waals surface area contributed by atoms with E-state index in [4.69, 9.17) is 5.73 Å². The Kier molecular flexibility index (Phi) is 5.87. The van der Waals surface area contributed by atoms with E-state index in [-0.39, 0.29) is 5.91 Å². The zero-order valence-electron chi connectivity index (χ0n) is 8.87. The van der Waals surface area contributed by atoms with Crippen LogP contribution in [0.25, 0.3) is 0 Å². The molecule has 14 heavy (non-hydrogen) atoms. The monoisotopic (exact) mass is 202 g/mol. The fourth-order valence-electron chi connectivity index (χ4n) is 0.998. The first-order valence-corrected chi connectivity index (χ1v) is 4.66. The Balaban J connectivity index is 3.98. The molecule has 1 amide bonds. The number of esters is 1. The van der Waals surface area contributed by atoms with Gasteiger partial charge in [0, 0.05) is 0 Å². The third-order valence-electron chi connectivity index (χ3n) is 1.85. The fourth-order valence-corrected chi connectivity index (χ4v) is 0.998. The molecule has 0 aliphatic heterocycles. The molecule has 3 N–H and O–H groups in total. The van der Waals surface area contributed by atoms with E-state index in [2.05, 4.69) is 10.1 Å². The van der Waals surface area contributed by atoms with Gasteiger partial charge in [0.2, 0.25) is 5.91 Å². The summed E-state index contributed by atoms with van der Waals surface area (Å²) in [5.74, 6) is -0.785. The SMILES string of the molecule is CCC[C@H](N)C(=O)NC(C)C(=O)OC. The number of hydrogen-bond donors (Lipinski definition) is 2. The van der Waals surface area contributed by atoms with Gasteiger partial charge in [0.1, 0.15) is 6.04 Å². The summed E-state index contributed by atoms with van der Waals surface area (Å²) in [5, 5.41) is 2.48. The molecule has 2 atom stereocenters. The molecule has 0 rings (SSSR count). The summed E-state index contributed by atoms with van der Waals surface area (Å²) in [4.78, 5) is 22.3. The summed E-state index contributed by atoms with van der Waals surface area (Å²) in [6.45, 7) is 3.50. The lowest BCUT2D eigenvalue weighted by Gasteiger charge is -2.15. The molecule has 0 aromatic heterocycles. The van der Waals surface area contributed by atoms with Gasteiger partial charge in [-0.3, -0.25) is 4.79 Å². The molecule has 0 aromatic carbocycles. The van der Waals surface area contributed by atoms with Gasteiger partial charge in [0.05, 0.1) is 13.2 Å². The van der Waals surface area contributed by atoms with Gasteiger partial charge in [-0.05, 0) is 13.3 Å². The first kappa shape index (κ1) is 12.9. The van der Waals surface area contributed by atoms with E-state index in [0.717, 1.165) is 6.42 Å². The van der Waals surface area contributed by atoms with Crippen LogP contribution >= 0.6 is 0 Å². The zero-order valence-corrected chi connectivity index (χ0v) is 8.87. The molecule has 1 unspecified atom stereocenters. The molecule has 0 aliphatic carbocycles. The lowest BCUT2D eigenvalue weighted by molar-refractivity contribution is -0.144. The Labute approximate surface area is 84.0 Å². The smallest absolute Gasteiger partial charge is 0.328 e. The van der Waals surface area contributed by atoms with E-state index in [9.17, 15) is 9.59 Å². The quantitative estimate of drug-likeness (QED) is 0.604. The second kappa shape index (κ2) is 6.37. The number of nitrogens with two attached hydrogens (primary N) is 1. The summed E-state index contributed by atoms with van der Waals surface area (Å²) in [6, 6.07) is -1.19. The minimum atomic E-state index is -0.643. The van der Waals surface area contributed by atoms with Crippen LogP contribution in [0.5, 0.6) is 0 Å². The third-order valence-corrected chi connectivity index (χ3v) is 1.85. The van der Waals surface area contributed by atoms with Gasteiger partial charge in [-0.15, -0.1) is 0 Å². The van der Waals surface area contributed by atoms with Crippen molar-refractivity contribution in [1.29, 1.82) is 0 Å². The predicted octanol–water partition coefficient (Wildman–Crippen LogP) is -0.208. The summed E-state index contributed by atoms with van der Waals surface area (Å²) in [6.07, 6.45) is 1.45. The molecule has 5 nitrogen and oxygen atoms in total. The van der Waals surface area contributed by atoms with Crippen molar-refractivity contribution >= 4 is 11.9 Å². The van der Waals surface area contributed by atoms with E-state index in [1.165, 1.54) is 7.11 Å². The van der Waals surface area contributed by atoms with Crippen molar-refractivity contribution < 1.29 is 14.3 Å². The molecular weight excluding hydrogens is 184 g/mol. The number of amides is 1. The molecule has 0 saturated carbocycles. The molecule has 0 aromatic rings. The van der Waals surface area contributed by atoms with Crippen molar-refractivity contribution in [2.24, 2.45) is 5.73 Å². The number of methoxy groups -OCH3 is 1. The molecule has 0 aliphatic rings. The number of carbonyl (C=O) groups excluding carboxylic acids is 2. The van der Waals surface area contributed by atoms with Gasteiger partial charge in [-0.2, -0.15) is 0 Å². The highest BCUT2D eigenvalue weighted by Gasteiger charge is 2.19. The lowest BCUT2D eigenvalue weighted by atomic mass is 10.1. The van der Waals surface area contributed by atoms with Crippen molar-refractivity contribution in [2.75, 3.05) is 7.11 Å². The first-order valence-electron chi connectivity index (χ1n) is 4.66. The van der Waals surface area contributed by atoms with Gasteiger partial charge in [-0.25, -0.2) is 4.79 Å². The van der Waals surface area contributed by atoms with E-state index >= 15 is 0 Å². The van der Waals surface area contributed by atoms with Crippen molar-refractivity contribution in [3.63, 3.8) is 0 Å². The van der Waals surface area contributed by atoms with Crippen LogP contribution in [0.2, 0.25) is 0 Å². The van der Waals surface area contributed by atoms with Gasteiger partial charge >= 0.3 is 5.97 Å². The Morgan fingerprint density at radius 1 is 1.50 bits per heavy atom. The van der Waals surface area contributed by atoms with Crippen LogP contribution in [0.1, 0.15) is 26.7 Å². The maximum atomic E-state index is 11.3. The number of hydrogen-bond acceptors (Lipinski definition) is 4. The van der Waals surface area contributed by atoms with Crippen LogP contribution in [0.4, 0.5) is 0 Å². The topological polar surface area (TPSA) is 81.4 Å². The second-order valence-electron chi connectivity index (χ2n) is 3.15. The van der Waals surface area contributed by atoms with Gasteiger partial charge in [0.25, 0.3) is 0 Å². The molecule has 0 heterocycles. The summed E-state index contributed by atoms with van der Waals surface area (Å²) >= 11 is 0. The number of carbonyl (C=O) groups is 2. The predicted molar refractivity (Wildman–Crippen MR) is 52.5 cm³/mol. The molecule has 0 saturated heterocycles. The molecular formula is C9H18N2O3. The summed E-state index contributed by atoms with van der Waals surface area (Å²) in [5.41, 5.74) is 5.55. The Hall–Kier alpha value is -1.10. The summed E-state index contributed by atoms with van der Waals surface area (Å²) < 4.78 is 4.46. The highest BCUT2D eigenvalue weighted by Crippen LogP contribution is 1.94. The van der Waals surface area contributed by atoms with Crippen LogP contribution in [0.15, 0.2) is 0 Å². The Morgan fingerprint density at radius 3 is 2.50 bits per heavy atom. The number of ether oxygens (including phenoxy) is 1. The molecule has 0 spiro atoms. The van der Waals surface area contributed by atoms with E-state index in [1.807, 2.05) is 6.92 Å². The molecule has 82 valence electrons. The maximum Gasteiger partial charge on any atom is 0.328 e. The maximum absolute atomic E-state index is 11.3. The minimum Gasteiger partial charge on any atom is -0.467 e. The van der Waals surface area contributed by atoms with Crippen LogP contribution in [-0.2, 0) is 14.3 Å². The lowest BCUT2D eigenvalue weighted by Crippen LogP contribution is -2.47. The van der Waals surface area contributed by atoms with Crippen molar-refractivity contribution in [3.05, 3.63) is 0 Å². The van der Waals surface area contributed by atoms with Gasteiger partial charge in [0.15, 0.2) is 0 Å². The zero-order chi connectivity index (χ0) is 11.1. The Morgan fingerprint density at radius 2 is 2.07 bits per heavy atom. The number of nitrogens with one attached hydrogen (secondary N) is 1. The van der Waals surface area contributed by atoms with Crippen LogP contribution in [0, 0.1) is 0 Å². The van der Waals surface area contributed by atoms with E-state index in [0.29, 0.717) is 6.42 Å². The Bertz CT molecular complexity index is 206. The van der Waals surface area contributed by atoms with E-state index in [1.54, 1.807) is 6.92 Å². The average molecular weight is 202 g/mol. The standard InChI is InChI=1S/C9H18N2O3/c1-4-5-7(10)8(12)11-6(2)9(13)14-3/h6-7H,4-5,10H2,1-3H3,(H,11,12)/t6?,7-/m0/s1. The highest BCUT2D eigenvalue weighted by molar-refractivity contribution is 5.87. The largest absolute Gasteiger partial charge is 0.467 e. The van der Waals surface area contributed by atoms with Crippen molar-refractivity contribution in [2.45, 2.75) is 38.8 Å². The van der Waals surface area contributed by atoms with Crippen molar-refractivity contribution in [1.82, 2.24) is 5.32 Å². The van der Waals surface area contributed by atoms with Crippen LogP contribution < -0.4 is 11.1 Å². The van der Waals surface area contributed by atoms with Gasteiger partial charge in [-0.1, -0.05) is 13.3 Å². The van der Waals surface area contributed by atoms with E-state index < -0.39 is 18.1 Å². The first-order chi connectivity index (χ1) is 6.52. The second-order valence-corrected chi connectivity index (χ2v) is 3.15. The normalized spacial score (nSPS) is 14.3. The number of rotatable bonds is 5. The van der Waals surface area contributed by atoms with Crippen LogP contribution in [0.3, 0.4) is 0 Å². The molecule has 5 heteroatoms. The van der Waals surface area contributed by atoms with Crippen molar-refractivity contribution in [3.8, 4) is 0 Å². The highest BCUT2D eigenvalue weighted by atomic mass is 16.5. The molecule has 0 fully saturated rings. The van der Waals surface area contributed by atoms with Gasteiger partial charge < -0.3 is 15.8 Å². The molecule has 0 bridgehead atoms. The fraction of sp³-hybridized carbons (Fsp3) is 0.778. The summed E-state index contributed by atoms with van der Waals surface area (Å²) in [7, 11) is 1.27. The minimum absolute atomic E-state index is 0.315. The average Bonchev–Trinajstić information content (AvgIpc) is 2.16. The van der Waals surface area contributed by atoms with Crippen LogP contribution in [-0.4, -0.2) is 31.1 Å².